The number of hydrogen-bond acceptors (Lipinski definition) is 2. The van der Waals surface area contributed by atoms with Crippen LogP contribution in [0.25, 0.3) is 0 Å². The Kier molecular flexibility index (Phi) is 6.53. The minimum atomic E-state index is 0.599. The van der Waals surface area contributed by atoms with Gasteiger partial charge >= 0.3 is 0 Å². The Hall–Kier alpha value is -0.370. The van der Waals surface area contributed by atoms with Gasteiger partial charge in [0.15, 0.2) is 0 Å². The van der Waals surface area contributed by atoms with E-state index in [-0.39, 0.29) is 0 Å². The third kappa shape index (κ3) is 3.29. The van der Waals surface area contributed by atoms with E-state index < -0.39 is 0 Å². The van der Waals surface area contributed by atoms with Gasteiger partial charge in [-0.05, 0) is 105 Å². The molecule has 150 valence electrons. The van der Waals surface area contributed by atoms with Gasteiger partial charge in [-0.2, -0.15) is 0 Å². The average molecular weight is 363 g/mol. The van der Waals surface area contributed by atoms with Gasteiger partial charge in [0.2, 0.25) is 0 Å². The van der Waals surface area contributed by atoms with Crippen molar-refractivity contribution in [3.05, 3.63) is 0 Å². The van der Waals surface area contributed by atoms with Crippen molar-refractivity contribution in [2.45, 2.75) is 97.3 Å². The average Bonchev–Trinajstić information content (AvgIpc) is 3.00. The number of carbonyl (C=O) groups excluding carboxylic acids is 1. The summed E-state index contributed by atoms with van der Waals surface area (Å²) in [6.45, 7) is 5.33. The number of carbonyl (C=O) groups is 1. The van der Waals surface area contributed by atoms with Gasteiger partial charge in [0.05, 0.1) is 0 Å². The van der Waals surface area contributed by atoms with E-state index in [1.807, 2.05) is 0 Å². The normalized spacial score (nSPS) is 47.0. The van der Waals surface area contributed by atoms with Crippen molar-refractivity contribution >= 4 is 6.29 Å². The maximum absolute atomic E-state index is 10.7. The Morgan fingerprint density at radius 2 is 1.65 bits per heavy atom. The summed E-state index contributed by atoms with van der Waals surface area (Å²) < 4.78 is 0. The molecule has 4 aliphatic rings. The predicted octanol–water partition coefficient (Wildman–Crippen LogP) is 6.01. The Morgan fingerprint density at radius 1 is 0.885 bits per heavy atom. The molecule has 4 saturated carbocycles. The monoisotopic (exact) mass is 362 g/mol. The number of aliphatic hydroxyl groups is 1. The van der Waals surface area contributed by atoms with Crippen molar-refractivity contribution < 1.29 is 9.90 Å². The Labute approximate surface area is 161 Å². The molecule has 2 nitrogen and oxygen atoms in total. The van der Waals surface area contributed by atoms with Crippen LogP contribution in [0.1, 0.15) is 97.3 Å². The highest BCUT2D eigenvalue weighted by Crippen LogP contribution is 2.67. The number of aldehydes is 1. The molecule has 2 heteroatoms. The lowest BCUT2D eigenvalue weighted by molar-refractivity contribution is -0.112. The van der Waals surface area contributed by atoms with Gasteiger partial charge in [-0.3, -0.25) is 0 Å². The van der Waals surface area contributed by atoms with E-state index in [1.165, 1.54) is 70.6 Å². The van der Waals surface area contributed by atoms with Crippen molar-refractivity contribution in [1.29, 1.82) is 0 Å². The quantitative estimate of drug-likeness (QED) is 0.491. The van der Waals surface area contributed by atoms with Gasteiger partial charge in [0, 0.05) is 13.5 Å². The first kappa shape index (κ1) is 20.4. The highest BCUT2D eigenvalue weighted by Gasteiger charge is 2.59. The summed E-state index contributed by atoms with van der Waals surface area (Å²) in [7, 11) is 1.00. The zero-order valence-electron chi connectivity index (χ0n) is 17.5. The van der Waals surface area contributed by atoms with Crippen LogP contribution in [-0.2, 0) is 4.79 Å². The van der Waals surface area contributed by atoms with Gasteiger partial charge in [0.25, 0.3) is 0 Å². The van der Waals surface area contributed by atoms with Gasteiger partial charge in [-0.15, -0.1) is 0 Å². The Morgan fingerprint density at radius 3 is 2.42 bits per heavy atom. The standard InChI is InChI=1S/C23H38O.CH4O/c1-22-14-5-3-7-17(22)9-11-19-20-12-10-18(8-4-6-16-24)23(20,2)15-13-21(19)22;1-2/h16-21H,3-15H2,1-2H3;2H,1H3. The first-order chi connectivity index (χ1) is 12.6. The van der Waals surface area contributed by atoms with Crippen molar-refractivity contribution in [1.82, 2.24) is 0 Å². The summed E-state index contributed by atoms with van der Waals surface area (Å²) in [5.41, 5.74) is 1.28. The van der Waals surface area contributed by atoms with Crippen molar-refractivity contribution in [3.8, 4) is 0 Å². The minimum absolute atomic E-state index is 0.599. The summed E-state index contributed by atoms with van der Waals surface area (Å²) in [6.07, 6.45) is 19.4. The van der Waals surface area contributed by atoms with E-state index in [0.717, 1.165) is 55.8 Å². The molecule has 0 aromatic heterocycles. The third-order valence-corrected chi connectivity index (χ3v) is 9.65. The molecule has 7 atom stereocenters. The molecule has 26 heavy (non-hydrogen) atoms. The van der Waals surface area contributed by atoms with E-state index in [4.69, 9.17) is 5.11 Å². The van der Waals surface area contributed by atoms with E-state index >= 15 is 0 Å². The summed E-state index contributed by atoms with van der Waals surface area (Å²) in [5.74, 6) is 5.00. The predicted molar refractivity (Wildman–Crippen MR) is 108 cm³/mol. The van der Waals surface area contributed by atoms with Crippen LogP contribution in [0, 0.1) is 40.4 Å². The molecular formula is C24H42O2. The van der Waals surface area contributed by atoms with Crippen molar-refractivity contribution in [3.63, 3.8) is 0 Å². The molecular weight excluding hydrogens is 320 g/mol. The van der Waals surface area contributed by atoms with E-state index in [1.54, 1.807) is 0 Å². The fourth-order valence-corrected chi connectivity index (χ4v) is 8.33. The van der Waals surface area contributed by atoms with E-state index in [0.29, 0.717) is 10.8 Å². The van der Waals surface area contributed by atoms with Crippen LogP contribution in [0.15, 0.2) is 0 Å². The Balaban J connectivity index is 0.000000948. The number of fused-ring (bicyclic) bond motifs is 5. The smallest absolute Gasteiger partial charge is 0.119 e. The van der Waals surface area contributed by atoms with Gasteiger partial charge < -0.3 is 9.90 Å². The van der Waals surface area contributed by atoms with Crippen LogP contribution in [0.5, 0.6) is 0 Å². The highest BCUT2D eigenvalue weighted by atomic mass is 16.2. The number of unbranched alkanes of at least 4 members (excludes halogenated alkanes) is 1. The first-order valence-corrected chi connectivity index (χ1v) is 11.5. The van der Waals surface area contributed by atoms with Gasteiger partial charge in [-0.1, -0.05) is 26.7 Å². The van der Waals surface area contributed by atoms with Gasteiger partial charge in [-0.25, -0.2) is 0 Å². The van der Waals surface area contributed by atoms with E-state index in [2.05, 4.69) is 13.8 Å². The third-order valence-electron chi connectivity index (χ3n) is 9.65. The second-order valence-corrected chi connectivity index (χ2v) is 10.3. The second-order valence-electron chi connectivity index (χ2n) is 10.3. The van der Waals surface area contributed by atoms with E-state index in [9.17, 15) is 4.79 Å². The topological polar surface area (TPSA) is 37.3 Å². The van der Waals surface area contributed by atoms with Crippen molar-refractivity contribution in [2.24, 2.45) is 40.4 Å². The SMILES string of the molecule is CC12CCCCC1CCC1C2CCC2(C)C(CCCC=O)CCC12.CO. The molecule has 4 aliphatic carbocycles. The van der Waals surface area contributed by atoms with Crippen LogP contribution in [0.2, 0.25) is 0 Å². The lowest BCUT2D eigenvalue weighted by atomic mass is 9.45. The number of rotatable bonds is 4. The zero-order chi connectivity index (χ0) is 18.8. The van der Waals surface area contributed by atoms with Crippen LogP contribution >= 0.6 is 0 Å². The van der Waals surface area contributed by atoms with Gasteiger partial charge in [0.1, 0.15) is 6.29 Å². The fourth-order valence-electron chi connectivity index (χ4n) is 8.33. The summed E-state index contributed by atoms with van der Waals surface area (Å²) in [5, 5.41) is 7.00. The molecule has 4 rings (SSSR count). The summed E-state index contributed by atoms with van der Waals surface area (Å²) >= 11 is 0. The molecule has 7 unspecified atom stereocenters. The maximum atomic E-state index is 10.7. The fraction of sp³-hybridized carbons (Fsp3) is 0.958. The highest BCUT2D eigenvalue weighted by molar-refractivity contribution is 5.48. The minimum Gasteiger partial charge on any atom is -0.400 e. The lowest BCUT2D eigenvalue weighted by Gasteiger charge is -2.60. The summed E-state index contributed by atoms with van der Waals surface area (Å²) in [4.78, 5) is 10.7. The van der Waals surface area contributed by atoms with Crippen LogP contribution in [0.4, 0.5) is 0 Å². The molecule has 0 aromatic rings. The molecule has 4 fully saturated rings. The lowest BCUT2D eigenvalue weighted by Crippen LogP contribution is -2.52. The molecule has 0 radical (unpaired) electrons. The second kappa shape index (κ2) is 8.33. The molecule has 0 spiro atoms. The molecule has 0 amide bonds. The molecule has 0 aromatic carbocycles. The maximum Gasteiger partial charge on any atom is 0.119 e. The summed E-state index contributed by atoms with van der Waals surface area (Å²) in [6, 6.07) is 0. The largest absolute Gasteiger partial charge is 0.400 e. The van der Waals surface area contributed by atoms with Crippen LogP contribution in [-0.4, -0.2) is 18.5 Å². The Bertz CT molecular complexity index is 475. The molecule has 0 bridgehead atoms. The zero-order valence-corrected chi connectivity index (χ0v) is 17.5. The molecule has 0 aliphatic heterocycles. The molecule has 0 saturated heterocycles. The number of hydrogen-bond donors (Lipinski definition) is 1. The number of aliphatic hydroxyl groups excluding tert-OH is 1. The molecule has 0 heterocycles. The first-order valence-electron chi connectivity index (χ1n) is 11.5. The molecule has 1 N–H and O–H groups in total. The van der Waals surface area contributed by atoms with Crippen LogP contribution < -0.4 is 0 Å². The van der Waals surface area contributed by atoms with Crippen molar-refractivity contribution in [2.75, 3.05) is 7.11 Å². The van der Waals surface area contributed by atoms with Crippen LogP contribution in [0.3, 0.4) is 0 Å².